The number of carbonyl (C=O) groups is 3. The van der Waals surface area contributed by atoms with Crippen molar-refractivity contribution in [1.29, 1.82) is 0 Å². The molecular formula is C15H16N8O4S2. The number of nitrogens with zero attached hydrogens (tertiary/aromatic N) is 7. The van der Waals surface area contributed by atoms with E-state index in [-0.39, 0.29) is 18.2 Å². The molecule has 0 spiro atoms. The van der Waals surface area contributed by atoms with Crippen LogP contribution in [0.15, 0.2) is 17.6 Å². The van der Waals surface area contributed by atoms with E-state index in [1.807, 2.05) is 13.8 Å². The Balaban J connectivity index is 1.53. The summed E-state index contributed by atoms with van der Waals surface area (Å²) < 4.78 is 1.23. The van der Waals surface area contributed by atoms with E-state index in [0.717, 1.165) is 5.01 Å². The molecule has 0 aromatic carbocycles. The van der Waals surface area contributed by atoms with Crippen molar-refractivity contribution in [2.75, 3.05) is 5.75 Å². The zero-order valence-electron chi connectivity index (χ0n) is 15.3. The standard InChI is InChI=1S/C15H16N8O4S2/c1-6(12-19-18-7(2)29-12)8-4-28-14-10(13(25)23(14)11(8)15(26)27)17-9(24)3-22-5-16-20-21-22/h5-6,10,14H,3-4H2,1-2H3,(H,17,24)(H,26,27)/t6?,10?,14-/m1/s1. The van der Waals surface area contributed by atoms with Gasteiger partial charge in [0.25, 0.3) is 5.91 Å². The van der Waals surface area contributed by atoms with Gasteiger partial charge < -0.3 is 10.4 Å². The van der Waals surface area contributed by atoms with Gasteiger partial charge in [-0.15, -0.1) is 38.4 Å². The van der Waals surface area contributed by atoms with E-state index in [1.165, 1.54) is 39.0 Å². The first-order valence-electron chi connectivity index (χ1n) is 8.58. The number of aliphatic carboxylic acids is 1. The number of amides is 2. The first kappa shape index (κ1) is 19.4. The third-order valence-electron chi connectivity index (χ3n) is 4.65. The molecule has 3 atom stereocenters. The van der Waals surface area contributed by atoms with Gasteiger partial charge in [-0.25, -0.2) is 9.48 Å². The molecule has 0 radical (unpaired) electrons. The summed E-state index contributed by atoms with van der Waals surface area (Å²) in [7, 11) is 0. The number of hydrogen-bond donors (Lipinski definition) is 2. The lowest BCUT2D eigenvalue weighted by Gasteiger charge is -2.50. The average Bonchev–Trinajstić information content (AvgIpc) is 3.35. The number of tetrazole rings is 1. The van der Waals surface area contributed by atoms with Crippen LogP contribution in [0.4, 0.5) is 0 Å². The van der Waals surface area contributed by atoms with Gasteiger partial charge in [-0.3, -0.25) is 14.5 Å². The number of rotatable bonds is 6. The topological polar surface area (TPSA) is 156 Å². The van der Waals surface area contributed by atoms with Gasteiger partial charge in [0.2, 0.25) is 5.91 Å². The Morgan fingerprint density at radius 1 is 1.41 bits per heavy atom. The minimum atomic E-state index is -1.18. The van der Waals surface area contributed by atoms with Crippen molar-refractivity contribution in [3.8, 4) is 0 Å². The van der Waals surface area contributed by atoms with Gasteiger partial charge in [0.1, 0.15) is 40.0 Å². The molecule has 2 amide bonds. The Morgan fingerprint density at radius 2 is 2.21 bits per heavy atom. The molecule has 2 aromatic heterocycles. The van der Waals surface area contributed by atoms with Gasteiger partial charge in [-0.2, -0.15) is 0 Å². The molecule has 0 aliphatic carbocycles. The molecule has 12 nitrogen and oxygen atoms in total. The molecule has 29 heavy (non-hydrogen) atoms. The van der Waals surface area contributed by atoms with Crippen LogP contribution < -0.4 is 5.32 Å². The first-order chi connectivity index (χ1) is 13.9. The maximum Gasteiger partial charge on any atom is 0.352 e. The van der Waals surface area contributed by atoms with Crippen molar-refractivity contribution in [1.82, 2.24) is 40.6 Å². The third-order valence-corrected chi connectivity index (χ3v) is 6.97. The highest BCUT2D eigenvalue weighted by molar-refractivity contribution is 8.00. The normalized spacial score (nSPS) is 22.1. The fourth-order valence-corrected chi connectivity index (χ4v) is 5.49. The summed E-state index contributed by atoms with van der Waals surface area (Å²) in [6, 6.07) is -0.793. The Kier molecular flexibility index (Phi) is 5.04. The molecule has 2 unspecified atom stereocenters. The number of aryl methyl sites for hydroxylation is 1. The lowest BCUT2D eigenvalue weighted by atomic mass is 9.96. The van der Waals surface area contributed by atoms with E-state index in [9.17, 15) is 19.5 Å². The maximum atomic E-state index is 12.7. The van der Waals surface area contributed by atoms with E-state index >= 15 is 0 Å². The van der Waals surface area contributed by atoms with Crippen LogP contribution in [0.1, 0.15) is 22.9 Å². The van der Waals surface area contributed by atoms with Gasteiger partial charge in [-0.1, -0.05) is 6.92 Å². The monoisotopic (exact) mass is 436 g/mol. The Morgan fingerprint density at radius 3 is 2.83 bits per heavy atom. The summed E-state index contributed by atoms with van der Waals surface area (Å²) in [4.78, 5) is 38.1. The SMILES string of the molecule is Cc1nnc(C(C)C2=C(C(=O)O)N3C(=O)C(NC(=O)Cn4cnnn4)[C@H]3SC2)s1. The van der Waals surface area contributed by atoms with E-state index in [1.54, 1.807) is 0 Å². The molecule has 4 heterocycles. The van der Waals surface area contributed by atoms with E-state index in [4.69, 9.17) is 0 Å². The van der Waals surface area contributed by atoms with Crippen LogP contribution in [0.25, 0.3) is 0 Å². The Hall–Kier alpha value is -2.87. The predicted octanol–water partition coefficient (Wildman–Crippen LogP) is -0.625. The molecular weight excluding hydrogens is 420 g/mol. The lowest BCUT2D eigenvalue weighted by molar-refractivity contribution is -0.150. The second-order valence-electron chi connectivity index (χ2n) is 6.52. The molecule has 1 fully saturated rings. The highest BCUT2D eigenvalue weighted by Crippen LogP contribution is 2.44. The summed E-state index contributed by atoms with van der Waals surface area (Å²) in [5, 5.41) is 32.0. The number of carboxylic acids is 1. The molecule has 0 bridgehead atoms. The number of carbonyl (C=O) groups excluding carboxylic acids is 2. The largest absolute Gasteiger partial charge is 0.477 e. The summed E-state index contributed by atoms with van der Waals surface area (Å²) in [5.74, 6) is -1.93. The Bertz CT molecular complexity index is 1000. The summed E-state index contributed by atoms with van der Waals surface area (Å²) in [5.41, 5.74) is 0.576. The number of thioether (sulfide) groups is 1. The van der Waals surface area contributed by atoms with E-state index in [2.05, 4.69) is 31.0 Å². The maximum absolute atomic E-state index is 12.7. The summed E-state index contributed by atoms with van der Waals surface area (Å²) >= 11 is 2.81. The molecule has 2 aromatic rings. The van der Waals surface area contributed by atoms with Gasteiger partial charge in [0, 0.05) is 11.7 Å². The van der Waals surface area contributed by atoms with Crippen molar-refractivity contribution in [2.24, 2.45) is 0 Å². The zero-order chi connectivity index (χ0) is 20.7. The van der Waals surface area contributed by atoms with Crippen LogP contribution in [0, 0.1) is 6.92 Å². The number of fused-ring (bicyclic) bond motifs is 1. The first-order valence-corrected chi connectivity index (χ1v) is 10.4. The van der Waals surface area contributed by atoms with Crippen molar-refractivity contribution >= 4 is 40.9 Å². The quantitative estimate of drug-likeness (QED) is 0.559. The van der Waals surface area contributed by atoms with Gasteiger partial charge >= 0.3 is 5.97 Å². The molecule has 1 saturated heterocycles. The smallest absolute Gasteiger partial charge is 0.352 e. The minimum absolute atomic E-state index is 0.0370. The number of nitrogens with one attached hydrogen (secondary N) is 1. The number of hydrogen-bond acceptors (Lipinski definition) is 10. The molecule has 152 valence electrons. The molecule has 2 aliphatic rings. The van der Waals surface area contributed by atoms with Gasteiger partial charge in [0.15, 0.2) is 0 Å². The van der Waals surface area contributed by atoms with Crippen LogP contribution in [0.2, 0.25) is 0 Å². The van der Waals surface area contributed by atoms with Crippen LogP contribution in [0.5, 0.6) is 0 Å². The van der Waals surface area contributed by atoms with Crippen molar-refractivity contribution < 1.29 is 19.5 Å². The second-order valence-corrected chi connectivity index (χ2v) is 8.84. The molecule has 4 rings (SSSR count). The fourth-order valence-electron chi connectivity index (χ4n) is 3.23. The minimum Gasteiger partial charge on any atom is -0.477 e. The number of β-lactam (4-membered cyclic amide) rings is 1. The third kappa shape index (κ3) is 3.48. The number of aromatic nitrogens is 6. The van der Waals surface area contributed by atoms with Crippen LogP contribution in [-0.4, -0.2) is 75.4 Å². The average molecular weight is 436 g/mol. The lowest BCUT2D eigenvalue weighted by Crippen LogP contribution is -2.70. The molecule has 2 aliphatic heterocycles. The van der Waals surface area contributed by atoms with Crippen LogP contribution >= 0.6 is 23.1 Å². The van der Waals surface area contributed by atoms with Crippen molar-refractivity contribution in [2.45, 2.75) is 37.7 Å². The van der Waals surface area contributed by atoms with Crippen LogP contribution in [0.3, 0.4) is 0 Å². The fraction of sp³-hybridized carbons (Fsp3) is 0.467. The molecule has 0 saturated carbocycles. The zero-order valence-corrected chi connectivity index (χ0v) is 17.0. The molecule has 14 heteroatoms. The highest BCUT2D eigenvalue weighted by Gasteiger charge is 2.54. The highest BCUT2D eigenvalue weighted by atomic mass is 32.2. The number of carboxylic acid groups (broad SMARTS) is 1. The predicted molar refractivity (Wildman–Crippen MR) is 101 cm³/mol. The Labute approximate surface area is 172 Å². The van der Waals surface area contributed by atoms with Crippen molar-refractivity contribution in [3.05, 3.63) is 27.6 Å². The van der Waals surface area contributed by atoms with E-state index in [0.29, 0.717) is 16.3 Å². The van der Waals surface area contributed by atoms with Crippen LogP contribution in [-0.2, 0) is 20.9 Å². The second kappa shape index (κ2) is 7.51. The summed E-state index contributed by atoms with van der Waals surface area (Å²) in [6.45, 7) is 3.55. The van der Waals surface area contributed by atoms with Gasteiger partial charge in [0.05, 0.1) is 0 Å². The van der Waals surface area contributed by atoms with E-state index < -0.39 is 29.2 Å². The van der Waals surface area contributed by atoms with Crippen molar-refractivity contribution in [3.63, 3.8) is 0 Å². The molecule has 2 N–H and O–H groups in total. The van der Waals surface area contributed by atoms with Gasteiger partial charge in [-0.05, 0) is 22.9 Å². The summed E-state index contributed by atoms with van der Waals surface area (Å²) in [6.07, 6.45) is 1.29.